The maximum atomic E-state index is 12.7. The molecule has 0 unspecified atom stereocenters. The number of nitrogens with zero attached hydrogens (tertiary/aromatic N) is 1. The number of hydrogen-bond acceptors (Lipinski definition) is 5. The first-order valence-corrected chi connectivity index (χ1v) is 9.56. The molecule has 144 valence electrons. The van der Waals surface area contributed by atoms with Gasteiger partial charge in [0.05, 0.1) is 18.6 Å². The van der Waals surface area contributed by atoms with Crippen LogP contribution in [0.2, 0.25) is 0 Å². The lowest BCUT2D eigenvalue weighted by molar-refractivity contribution is -0.123. The molecule has 1 heterocycles. The minimum Gasteiger partial charge on any atom is -0.493 e. The van der Waals surface area contributed by atoms with Gasteiger partial charge in [-0.15, -0.1) is 0 Å². The van der Waals surface area contributed by atoms with E-state index in [-0.39, 0.29) is 17.7 Å². The Balaban J connectivity index is 1.80. The number of methoxy groups -OCH3 is 1. The van der Waals surface area contributed by atoms with Crippen LogP contribution in [0.5, 0.6) is 11.5 Å². The van der Waals surface area contributed by atoms with Gasteiger partial charge in [0, 0.05) is 0 Å². The number of carbonyl (C=O) groups is 2. The molecule has 0 spiro atoms. The molecule has 28 heavy (non-hydrogen) atoms. The molecule has 2 amide bonds. The summed E-state index contributed by atoms with van der Waals surface area (Å²) in [5, 5.41) is -0.268. The summed E-state index contributed by atoms with van der Waals surface area (Å²) < 4.78 is 10.9. The Morgan fingerprint density at radius 2 is 1.96 bits per heavy atom. The number of benzene rings is 2. The van der Waals surface area contributed by atoms with E-state index in [9.17, 15) is 9.59 Å². The molecule has 6 heteroatoms. The predicted molar refractivity (Wildman–Crippen MR) is 111 cm³/mol. The highest BCUT2D eigenvalue weighted by molar-refractivity contribution is 8.18. The Hall–Kier alpha value is -2.99. The van der Waals surface area contributed by atoms with Crippen molar-refractivity contribution in [3.8, 4) is 11.5 Å². The summed E-state index contributed by atoms with van der Waals surface area (Å²) in [6.45, 7) is 6.24. The van der Waals surface area contributed by atoms with Gasteiger partial charge in [0.15, 0.2) is 11.5 Å². The summed E-state index contributed by atoms with van der Waals surface area (Å²) in [7, 11) is 1.55. The molecule has 0 atom stereocenters. The van der Waals surface area contributed by atoms with Crippen molar-refractivity contribution >= 4 is 29.0 Å². The monoisotopic (exact) mass is 395 g/mol. The van der Waals surface area contributed by atoms with E-state index in [1.54, 1.807) is 31.4 Å². The summed E-state index contributed by atoms with van der Waals surface area (Å²) in [5.41, 5.74) is 2.77. The molecule has 0 N–H and O–H groups in total. The summed E-state index contributed by atoms with van der Waals surface area (Å²) in [5.74, 6) is 0.851. The molecule has 2 aromatic carbocycles. The van der Waals surface area contributed by atoms with Crippen molar-refractivity contribution in [2.24, 2.45) is 0 Å². The van der Waals surface area contributed by atoms with E-state index in [1.807, 2.05) is 37.3 Å². The highest BCUT2D eigenvalue weighted by Gasteiger charge is 2.35. The fraction of sp³-hybridized carbons (Fsp3) is 0.182. The molecular weight excluding hydrogens is 374 g/mol. The normalized spacial score (nSPS) is 15.2. The zero-order chi connectivity index (χ0) is 20.1. The third-order valence-corrected chi connectivity index (χ3v) is 5.05. The Labute approximate surface area is 168 Å². The number of amides is 2. The van der Waals surface area contributed by atoms with E-state index >= 15 is 0 Å². The van der Waals surface area contributed by atoms with Gasteiger partial charge in [0.2, 0.25) is 0 Å². The van der Waals surface area contributed by atoms with Gasteiger partial charge in [-0.3, -0.25) is 14.5 Å². The third-order valence-electron chi connectivity index (χ3n) is 4.14. The third kappa shape index (κ3) is 4.46. The quantitative estimate of drug-likeness (QED) is 0.498. The zero-order valence-corrected chi connectivity index (χ0v) is 16.6. The van der Waals surface area contributed by atoms with Gasteiger partial charge in [-0.1, -0.05) is 48.6 Å². The minimum absolute atomic E-state index is 0.265. The van der Waals surface area contributed by atoms with Gasteiger partial charge >= 0.3 is 0 Å². The van der Waals surface area contributed by atoms with E-state index in [0.717, 1.165) is 28.5 Å². The van der Waals surface area contributed by atoms with Gasteiger partial charge in [0.25, 0.3) is 11.1 Å². The summed E-state index contributed by atoms with van der Waals surface area (Å²) in [6, 6.07) is 13.1. The predicted octanol–water partition coefficient (Wildman–Crippen LogP) is 4.80. The molecule has 5 nitrogen and oxygen atoms in total. The van der Waals surface area contributed by atoms with Crippen LogP contribution in [0.25, 0.3) is 6.08 Å². The number of thioether (sulfide) groups is 1. The molecule has 3 rings (SSSR count). The molecule has 0 aliphatic carbocycles. The summed E-state index contributed by atoms with van der Waals surface area (Å²) in [6.07, 6.45) is 3.35. The van der Waals surface area contributed by atoms with Crippen LogP contribution in [0.4, 0.5) is 4.79 Å². The number of carbonyl (C=O) groups excluding carboxylic acids is 2. The average Bonchev–Trinajstić information content (AvgIpc) is 2.94. The zero-order valence-electron chi connectivity index (χ0n) is 15.8. The minimum atomic E-state index is -0.289. The second kappa shape index (κ2) is 8.80. The molecule has 1 saturated heterocycles. The maximum absolute atomic E-state index is 12.7. The lowest BCUT2D eigenvalue weighted by Crippen LogP contribution is -2.27. The molecule has 1 fully saturated rings. The number of ether oxygens (including phenoxy) is 2. The molecule has 2 aromatic rings. The van der Waals surface area contributed by atoms with Crippen LogP contribution >= 0.6 is 11.8 Å². The van der Waals surface area contributed by atoms with Crippen LogP contribution in [0, 0.1) is 6.92 Å². The fourth-order valence-corrected chi connectivity index (χ4v) is 3.66. The average molecular weight is 395 g/mol. The number of rotatable bonds is 7. The first-order chi connectivity index (χ1) is 13.5. The molecular formula is C22H21NO4S. The van der Waals surface area contributed by atoms with E-state index in [1.165, 1.54) is 4.90 Å². The number of imide groups is 1. The number of hydrogen-bond donors (Lipinski definition) is 0. The molecule has 0 bridgehead atoms. The van der Waals surface area contributed by atoms with Crippen molar-refractivity contribution in [1.82, 2.24) is 4.90 Å². The molecule has 0 aromatic heterocycles. The second-order valence-electron chi connectivity index (χ2n) is 6.27. The van der Waals surface area contributed by atoms with Crippen molar-refractivity contribution in [1.29, 1.82) is 0 Å². The van der Waals surface area contributed by atoms with Gasteiger partial charge in [-0.25, -0.2) is 0 Å². The summed E-state index contributed by atoms with van der Waals surface area (Å²) >= 11 is 0.945. The Kier molecular flexibility index (Phi) is 6.21. The number of aryl methyl sites for hydroxylation is 1. The van der Waals surface area contributed by atoms with Crippen molar-refractivity contribution in [3.63, 3.8) is 0 Å². The van der Waals surface area contributed by atoms with Crippen LogP contribution in [0.1, 0.15) is 16.7 Å². The van der Waals surface area contributed by atoms with Crippen LogP contribution in [-0.2, 0) is 11.3 Å². The molecule has 0 radical (unpaired) electrons. The molecule has 1 aliphatic heterocycles. The SMILES string of the molecule is C=CCOc1ccc(/C=C2\SC(=O)N(Cc3cccc(C)c3)C2=O)cc1OC. The topological polar surface area (TPSA) is 55.8 Å². The van der Waals surface area contributed by atoms with Crippen molar-refractivity contribution in [3.05, 3.63) is 76.7 Å². The van der Waals surface area contributed by atoms with Crippen molar-refractivity contribution in [2.45, 2.75) is 13.5 Å². The summed E-state index contributed by atoms with van der Waals surface area (Å²) in [4.78, 5) is 26.7. The Morgan fingerprint density at radius 1 is 1.14 bits per heavy atom. The largest absolute Gasteiger partial charge is 0.493 e. The lowest BCUT2D eigenvalue weighted by atomic mass is 10.1. The van der Waals surface area contributed by atoms with E-state index < -0.39 is 0 Å². The smallest absolute Gasteiger partial charge is 0.293 e. The standard InChI is InChI=1S/C22H21NO4S/c1-4-10-27-18-9-8-16(12-19(18)26-3)13-20-21(24)23(22(25)28-20)14-17-7-5-6-15(2)11-17/h4-9,11-13H,1,10,14H2,2-3H3/b20-13-. The van der Waals surface area contributed by atoms with Gasteiger partial charge in [0.1, 0.15) is 6.61 Å². The van der Waals surface area contributed by atoms with E-state index in [0.29, 0.717) is 23.0 Å². The van der Waals surface area contributed by atoms with Gasteiger partial charge < -0.3 is 9.47 Å². The Morgan fingerprint density at radius 3 is 2.68 bits per heavy atom. The van der Waals surface area contributed by atoms with Crippen molar-refractivity contribution < 1.29 is 19.1 Å². The van der Waals surface area contributed by atoms with Crippen LogP contribution in [0.15, 0.2) is 60.0 Å². The van der Waals surface area contributed by atoms with E-state index in [2.05, 4.69) is 6.58 Å². The van der Waals surface area contributed by atoms with Gasteiger partial charge in [-0.2, -0.15) is 0 Å². The molecule has 0 saturated carbocycles. The highest BCUT2D eigenvalue weighted by Crippen LogP contribution is 2.35. The van der Waals surface area contributed by atoms with Crippen LogP contribution in [-0.4, -0.2) is 29.8 Å². The Bertz CT molecular complexity index is 951. The second-order valence-corrected chi connectivity index (χ2v) is 7.26. The first kappa shape index (κ1) is 19.8. The lowest BCUT2D eigenvalue weighted by Gasteiger charge is -2.12. The van der Waals surface area contributed by atoms with Crippen LogP contribution in [0.3, 0.4) is 0 Å². The highest BCUT2D eigenvalue weighted by atomic mass is 32.2. The fourth-order valence-electron chi connectivity index (χ4n) is 2.82. The van der Waals surface area contributed by atoms with E-state index in [4.69, 9.17) is 9.47 Å². The first-order valence-electron chi connectivity index (χ1n) is 8.74. The van der Waals surface area contributed by atoms with Crippen LogP contribution < -0.4 is 9.47 Å². The maximum Gasteiger partial charge on any atom is 0.293 e. The molecule has 1 aliphatic rings. The van der Waals surface area contributed by atoms with Gasteiger partial charge in [-0.05, 0) is 48.0 Å². The van der Waals surface area contributed by atoms with Crippen molar-refractivity contribution in [2.75, 3.05) is 13.7 Å².